The van der Waals surface area contributed by atoms with Gasteiger partial charge < -0.3 is 5.32 Å². The molecular formula is C12H15BrClNOS. The average molecular weight is 337 g/mol. The van der Waals surface area contributed by atoms with Crippen molar-refractivity contribution < 1.29 is 4.79 Å². The minimum atomic E-state index is -0.0593. The number of hydrogen-bond acceptors (Lipinski definition) is 2. The van der Waals surface area contributed by atoms with Crippen molar-refractivity contribution in [1.82, 2.24) is 5.32 Å². The summed E-state index contributed by atoms with van der Waals surface area (Å²) in [6, 6.07) is 5.36. The summed E-state index contributed by atoms with van der Waals surface area (Å²) in [4.78, 5) is 11.9. The molecule has 0 radical (unpaired) electrons. The van der Waals surface area contributed by atoms with E-state index in [2.05, 4.69) is 27.5 Å². The first-order chi connectivity index (χ1) is 8.04. The lowest BCUT2D eigenvalue weighted by Crippen LogP contribution is -2.32. The summed E-state index contributed by atoms with van der Waals surface area (Å²) >= 11 is 11.0. The van der Waals surface area contributed by atoms with Gasteiger partial charge in [-0.2, -0.15) is 11.8 Å². The van der Waals surface area contributed by atoms with E-state index in [1.165, 1.54) is 0 Å². The minimum Gasteiger partial charge on any atom is -0.350 e. The molecule has 0 aromatic heterocycles. The molecule has 0 aliphatic carbocycles. The molecule has 0 heterocycles. The van der Waals surface area contributed by atoms with Crippen LogP contribution in [0.25, 0.3) is 0 Å². The molecule has 1 atom stereocenters. The van der Waals surface area contributed by atoms with Crippen LogP contribution in [-0.2, 0) is 0 Å². The molecular weight excluding hydrogens is 322 g/mol. The molecule has 0 fully saturated rings. The van der Waals surface area contributed by atoms with Gasteiger partial charge in [0.25, 0.3) is 5.91 Å². The van der Waals surface area contributed by atoms with E-state index in [4.69, 9.17) is 11.6 Å². The van der Waals surface area contributed by atoms with Crippen molar-refractivity contribution in [2.24, 2.45) is 0 Å². The van der Waals surface area contributed by atoms with Crippen molar-refractivity contribution in [2.45, 2.75) is 19.4 Å². The van der Waals surface area contributed by atoms with Crippen molar-refractivity contribution in [3.05, 3.63) is 33.3 Å². The summed E-state index contributed by atoms with van der Waals surface area (Å²) < 4.78 is 0.739. The minimum absolute atomic E-state index is 0.0593. The zero-order valence-corrected chi connectivity index (χ0v) is 13.0. The maximum Gasteiger partial charge on any atom is 0.251 e. The molecule has 0 aliphatic rings. The van der Waals surface area contributed by atoms with Crippen LogP contribution in [0.15, 0.2) is 22.7 Å². The highest BCUT2D eigenvalue weighted by molar-refractivity contribution is 9.10. The molecule has 1 aromatic rings. The first kappa shape index (κ1) is 14.9. The summed E-state index contributed by atoms with van der Waals surface area (Å²) in [6.07, 6.45) is 3.03. The fourth-order valence-electron chi connectivity index (χ4n) is 1.31. The van der Waals surface area contributed by atoms with E-state index in [9.17, 15) is 4.79 Å². The van der Waals surface area contributed by atoms with Gasteiger partial charge in [-0.05, 0) is 59.5 Å². The van der Waals surface area contributed by atoms with Gasteiger partial charge in [0, 0.05) is 16.1 Å². The second kappa shape index (κ2) is 7.29. The molecule has 2 nitrogen and oxygen atoms in total. The van der Waals surface area contributed by atoms with Crippen LogP contribution in [0.1, 0.15) is 23.7 Å². The van der Waals surface area contributed by atoms with Gasteiger partial charge in [-0.15, -0.1) is 0 Å². The molecule has 1 amide bonds. The number of halogens is 2. The number of carbonyl (C=O) groups is 1. The third kappa shape index (κ3) is 4.90. The highest BCUT2D eigenvalue weighted by atomic mass is 79.9. The first-order valence-electron chi connectivity index (χ1n) is 5.29. The van der Waals surface area contributed by atoms with Crippen molar-refractivity contribution in [2.75, 3.05) is 12.0 Å². The zero-order chi connectivity index (χ0) is 12.8. The summed E-state index contributed by atoms with van der Waals surface area (Å²) in [5.41, 5.74) is 0.622. The Morgan fingerprint density at radius 1 is 1.59 bits per heavy atom. The Labute approximate surface area is 120 Å². The third-order valence-corrected chi connectivity index (χ3v) is 4.17. The van der Waals surface area contributed by atoms with Crippen molar-refractivity contribution in [3.8, 4) is 0 Å². The van der Waals surface area contributed by atoms with Gasteiger partial charge in [-0.3, -0.25) is 4.79 Å². The molecule has 1 unspecified atom stereocenters. The van der Waals surface area contributed by atoms with Crippen LogP contribution in [0.2, 0.25) is 5.02 Å². The summed E-state index contributed by atoms with van der Waals surface area (Å²) in [6.45, 7) is 2.01. The largest absolute Gasteiger partial charge is 0.350 e. The number of thioether (sulfide) groups is 1. The summed E-state index contributed by atoms with van der Waals surface area (Å²) in [7, 11) is 0. The molecule has 1 aromatic carbocycles. The van der Waals surface area contributed by atoms with E-state index in [0.717, 1.165) is 16.6 Å². The number of hydrogen-bond donors (Lipinski definition) is 1. The van der Waals surface area contributed by atoms with Gasteiger partial charge in [-0.25, -0.2) is 0 Å². The molecule has 0 spiro atoms. The van der Waals surface area contributed by atoms with Crippen LogP contribution in [-0.4, -0.2) is 24.0 Å². The van der Waals surface area contributed by atoms with Crippen molar-refractivity contribution in [3.63, 3.8) is 0 Å². The quantitative estimate of drug-likeness (QED) is 0.881. The second-order valence-corrected chi connectivity index (χ2v) is 6.03. The van der Waals surface area contributed by atoms with E-state index >= 15 is 0 Å². The monoisotopic (exact) mass is 335 g/mol. The first-order valence-corrected chi connectivity index (χ1v) is 7.86. The number of carbonyl (C=O) groups excluding carboxylic acids is 1. The van der Waals surface area contributed by atoms with Gasteiger partial charge in [0.1, 0.15) is 0 Å². The smallest absolute Gasteiger partial charge is 0.251 e. The Morgan fingerprint density at radius 2 is 2.29 bits per heavy atom. The Hall–Kier alpha value is -0.190. The zero-order valence-electron chi connectivity index (χ0n) is 9.80. The van der Waals surface area contributed by atoms with Crippen LogP contribution in [0.5, 0.6) is 0 Å². The normalized spacial score (nSPS) is 12.2. The standard InChI is InChI=1S/C12H15BrClNOS/c1-8(5-6-17-2)15-12(16)9-3-4-11(14)10(13)7-9/h3-4,7-8H,5-6H2,1-2H3,(H,15,16). The molecule has 0 saturated carbocycles. The molecule has 94 valence electrons. The van der Waals surface area contributed by atoms with Gasteiger partial charge >= 0.3 is 0 Å². The van der Waals surface area contributed by atoms with Gasteiger partial charge in [0.05, 0.1) is 5.02 Å². The van der Waals surface area contributed by atoms with Gasteiger partial charge in [-0.1, -0.05) is 11.6 Å². The maximum absolute atomic E-state index is 11.9. The van der Waals surface area contributed by atoms with Gasteiger partial charge in [0.2, 0.25) is 0 Å². The average Bonchev–Trinajstić information content (AvgIpc) is 2.30. The molecule has 5 heteroatoms. The van der Waals surface area contributed by atoms with E-state index in [0.29, 0.717) is 10.6 Å². The predicted molar refractivity (Wildman–Crippen MR) is 79.1 cm³/mol. The number of amides is 1. The van der Waals surface area contributed by atoms with Crippen LogP contribution in [0.3, 0.4) is 0 Å². The number of rotatable bonds is 5. The van der Waals surface area contributed by atoms with Crippen molar-refractivity contribution in [1.29, 1.82) is 0 Å². The summed E-state index contributed by atoms with van der Waals surface area (Å²) in [5.74, 6) is 0.988. The Kier molecular flexibility index (Phi) is 6.38. The molecule has 1 N–H and O–H groups in total. The fourth-order valence-corrected chi connectivity index (χ4v) is 2.40. The SMILES string of the molecule is CSCCC(C)NC(=O)c1ccc(Cl)c(Br)c1. The van der Waals surface area contributed by atoms with Crippen LogP contribution < -0.4 is 5.32 Å². The second-order valence-electron chi connectivity index (χ2n) is 3.78. The molecule has 0 saturated heterocycles. The fraction of sp³-hybridized carbons (Fsp3) is 0.417. The van der Waals surface area contributed by atoms with E-state index in [-0.39, 0.29) is 11.9 Å². The van der Waals surface area contributed by atoms with Crippen LogP contribution in [0.4, 0.5) is 0 Å². The predicted octanol–water partition coefficient (Wildman–Crippen LogP) is 3.97. The lowest BCUT2D eigenvalue weighted by atomic mass is 10.2. The van der Waals surface area contributed by atoms with Crippen LogP contribution in [0, 0.1) is 0 Å². The van der Waals surface area contributed by atoms with Crippen LogP contribution >= 0.6 is 39.3 Å². The highest BCUT2D eigenvalue weighted by Gasteiger charge is 2.10. The molecule has 1 rings (SSSR count). The topological polar surface area (TPSA) is 29.1 Å². The van der Waals surface area contributed by atoms with E-state index in [1.54, 1.807) is 30.0 Å². The Balaban J connectivity index is 2.60. The molecule has 17 heavy (non-hydrogen) atoms. The number of benzene rings is 1. The lowest BCUT2D eigenvalue weighted by molar-refractivity contribution is 0.0939. The molecule has 0 aliphatic heterocycles. The van der Waals surface area contributed by atoms with E-state index in [1.807, 2.05) is 6.92 Å². The van der Waals surface area contributed by atoms with E-state index < -0.39 is 0 Å². The van der Waals surface area contributed by atoms with Crippen molar-refractivity contribution >= 4 is 45.2 Å². The van der Waals surface area contributed by atoms with Gasteiger partial charge in [0.15, 0.2) is 0 Å². The Bertz CT molecular complexity index is 400. The lowest BCUT2D eigenvalue weighted by Gasteiger charge is -2.13. The highest BCUT2D eigenvalue weighted by Crippen LogP contribution is 2.23. The number of nitrogens with one attached hydrogen (secondary N) is 1. The maximum atomic E-state index is 11.9. The third-order valence-electron chi connectivity index (χ3n) is 2.31. The molecule has 0 bridgehead atoms. The summed E-state index contributed by atoms with van der Waals surface area (Å²) in [5, 5.41) is 3.57. The Morgan fingerprint density at radius 3 is 2.88 bits per heavy atom.